The zero-order chi connectivity index (χ0) is 11.0. The van der Waals surface area contributed by atoms with E-state index in [0.717, 1.165) is 11.2 Å². The summed E-state index contributed by atoms with van der Waals surface area (Å²) < 4.78 is 0. The Balaban J connectivity index is 0. The van der Waals surface area contributed by atoms with E-state index in [0.29, 0.717) is 0 Å². The van der Waals surface area contributed by atoms with E-state index in [4.69, 9.17) is 0 Å². The van der Waals surface area contributed by atoms with Crippen LogP contribution < -0.4 is 0 Å². The first kappa shape index (κ1) is 12.7. The van der Waals surface area contributed by atoms with Gasteiger partial charge in [0.1, 0.15) is 0 Å². The molecule has 14 heavy (non-hydrogen) atoms. The zero-order valence-corrected chi connectivity index (χ0v) is 9.76. The SMILES string of the molecule is CC.CC.Cc1nccc2cc[nH]c12.[HH]. The average Bonchev–Trinajstić information content (AvgIpc) is 2.73. The molecule has 0 saturated heterocycles. The summed E-state index contributed by atoms with van der Waals surface area (Å²) in [7, 11) is 0. The molecule has 0 spiro atoms. The molecule has 2 heterocycles. The third-order valence-corrected chi connectivity index (χ3v) is 1.66. The number of hydrogen-bond acceptors (Lipinski definition) is 1. The van der Waals surface area contributed by atoms with Gasteiger partial charge in [0, 0.05) is 19.2 Å². The first-order valence-corrected chi connectivity index (χ1v) is 5.26. The van der Waals surface area contributed by atoms with Crippen molar-refractivity contribution in [3.8, 4) is 0 Å². The van der Waals surface area contributed by atoms with Crippen LogP contribution in [0.1, 0.15) is 34.8 Å². The molecule has 0 radical (unpaired) electrons. The van der Waals surface area contributed by atoms with Gasteiger partial charge in [-0.05, 0) is 19.1 Å². The van der Waals surface area contributed by atoms with E-state index in [1.807, 2.05) is 59.1 Å². The lowest BCUT2D eigenvalue weighted by Crippen LogP contribution is -1.79. The van der Waals surface area contributed by atoms with Gasteiger partial charge in [-0.15, -0.1) is 0 Å². The highest BCUT2D eigenvalue weighted by molar-refractivity contribution is 5.80. The summed E-state index contributed by atoms with van der Waals surface area (Å²) in [6.07, 6.45) is 3.75. The fourth-order valence-corrected chi connectivity index (χ4v) is 1.13. The number of pyridine rings is 1. The van der Waals surface area contributed by atoms with E-state index >= 15 is 0 Å². The van der Waals surface area contributed by atoms with Crippen molar-refractivity contribution in [2.45, 2.75) is 34.6 Å². The molecule has 0 unspecified atom stereocenters. The number of nitrogens with zero attached hydrogens (tertiary/aromatic N) is 1. The number of aromatic amines is 1. The van der Waals surface area contributed by atoms with Crippen molar-refractivity contribution < 1.29 is 1.43 Å². The van der Waals surface area contributed by atoms with Crippen molar-refractivity contribution in [1.82, 2.24) is 9.97 Å². The van der Waals surface area contributed by atoms with Gasteiger partial charge in [-0.2, -0.15) is 0 Å². The quantitative estimate of drug-likeness (QED) is 0.670. The van der Waals surface area contributed by atoms with Crippen LogP contribution in [0.25, 0.3) is 10.9 Å². The minimum atomic E-state index is 0. The highest BCUT2D eigenvalue weighted by Gasteiger charge is 1.95. The number of aromatic nitrogens is 2. The van der Waals surface area contributed by atoms with E-state index in [9.17, 15) is 0 Å². The molecule has 0 aliphatic heterocycles. The van der Waals surface area contributed by atoms with Gasteiger partial charge in [0.15, 0.2) is 0 Å². The molecule has 0 atom stereocenters. The monoisotopic (exact) mass is 194 g/mol. The number of aryl methyl sites for hydroxylation is 1. The third-order valence-electron chi connectivity index (χ3n) is 1.66. The molecule has 80 valence electrons. The highest BCUT2D eigenvalue weighted by Crippen LogP contribution is 2.12. The molecule has 2 aromatic heterocycles. The van der Waals surface area contributed by atoms with Gasteiger partial charge < -0.3 is 4.98 Å². The minimum Gasteiger partial charge on any atom is -0.360 e. The standard InChI is InChI=1S/C8H8N2.2C2H6.H2/c1-6-8-7(2-4-9-6)3-5-10-8;2*1-2;/h2-5,10H,1H3;2*1-2H3;1H. The van der Waals surface area contributed by atoms with E-state index in [1.165, 1.54) is 5.39 Å². The average molecular weight is 194 g/mol. The van der Waals surface area contributed by atoms with Gasteiger partial charge in [-0.1, -0.05) is 27.7 Å². The van der Waals surface area contributed by atoms with Gasteiger partial charge in [0.25, 0.3) is 0 Å². The van der Waals surface area contributed by atoms with Crippen LogP contribution in [0.3, 0.4) is 0 Å². The van der Waals surface area contributed by atoms with Crippen molar-refractivity contribution in [2.24, 2.45) is 0 Å². The Hall–Kier alpha value is -1.31. The first-order chi connectivity index (χ1) is 6.88. The second-order valence-corrected chi connectivity index (χ2v) is 2.34. The molecule has 2 nitrogen and oxygen atoms in total. The first-order valence-electron chi connectivity index (χ1n) is 5.26. The minimum absolute atomic E-state index is 0. The predicted octanol–water partition coefficient (Wildman–Crippen LogP) is 4.17. The van der Waals surface area contributed by atoms with Gasteiger partial charge in [0.05, 0.1) is 11.2 Å². The topological polar surface area (TPSA) is 28.7 Å². The lowest BCUT2D eigenvalue weighted by Gasteiger charge is -1.91. The van der Waals surface area contributed by atoms with Gasteiger partial charge in [-0.25, -0.2) is 0 Å². The van der Waals surface area contributed by atoms with Crippen molar-refractivity contribution in [3.05, 3.63) is 30.2 Å². The van der Waals surface area contributed by atoms with Crippen LogP contribution in [0.2, 0.25) is 0 Å². The Morgan fingerprint density at radius 3 is 2.36 bits per heavy atom. The molecule has 2 heteroatoms. The van der Waals surface area contributed by atoms with Crippen LogP contribution >= 0.6 is 0 Å². The lowest BCUT2D eigenvalue weighted by molar-refractivity contribution is 1.22. The van der Waals surface area contributed by atoms with Crippen molar-refractivity contribution in [2.75, 3.05) is 0 Å². The van der Waals surface area contributed by atoms with E-state index in [-0.39, 0.29) is 1.43 Å². The second kappa shape index (κ2) is 7.13. The van der Waals surface area contributed by atoms with E-state index in [1.54, 1.807) is 0 Å². The van der Waals surface area contributed by atoms with Crippen LogP contribution in [0.4, 0.5) is 0 Å². The Morgan fingerprint density at radius 1 is 1.14 bits per heavy atom. The fraction of sp³-hybridized carbons (Fsp3) is 0.417. The summed E-state index contributed by atoms with van der Waals surface area (Å²) in [6.45, 7) is 10.00. The van der Waals surface area contributed by atoms with Gasteiger partial charge in [-0.3, -0.25) is 4.98 Å². The number of nitrogens with one attached hydrogen (secondary N) is 1. The Bertz CT molecular complexity index is 355. The molecule has 0 aliphatic carbocycles. The summed E-state index contributed by atoms with van der Waals surface area (Å²) in [5, 5.41) is 1.23. The Morgan fingerprint density at radius 2 is 1.79 bits per heavy atom. The summed E-state index contributed by atoms with van der Waals surface area (Å²) >= 11 is 0. The fourth-order valence-electron chi connectivity index (χ4n) is 1.13. The van der Waals surface area contributed by atoms with E-state index < -0.39 is 0 Å². The maximum absolute atomic E-state index is 4.15. The van der Waals surface area contributed by atoms with E-state index in [2.05, 4.69) is 9.97 Å². The highest BCUT2D eigenvalue weighted by atomic mass is 14.7. The third kappa shape index (κ3) is 2.87. The zero-order valence-electron chi connectivity index (χ0n) is 9.76. The molecule has 0 aliphatic rings. The number of H-pyrrole nitrogens is 1. The molecule has 2 aromatic rings. The summed E-state index contributed by atoms with van der Waals surface area (Å²) in [4.78, 5) is 7.27. The lowest BCUT2D eigenvalue weighted by atomic mass is 10.3. The predicted molar refractivity (Wildman–Crippen MR) is 65.6 cm³/mol. The van der Waals surface area contributed by atoms with Crippen LogP contribution in [-0.4, -0.2) is 9.97 Å². The number of rotatable bonds is 0. The molecule has 2 rings (SSSR count). The second-order valence-electron chi connectivity index (χ2n) is 2.34. The van der Waals surface area contributed by atoms with Crippen LogP contribution in [-0.2, 0) is 0 Å². The maximum atomic E-state index is 4.15. The number of hydrogen-bond donors (Lipinski definition) is 1. The van der Waals surface area contributed by atoms with Gasteiger partial charge in [0.2, 0.25) is 0 Å². The summed E-state index contributed by atoms with van der Waals surface area (Å²) in [6, 6.07) is 4.04. The normalized spacial score (nSPS) is 8.36. The number of fused-ring (bicyclic) bond motifs is 1. The summed E-state index contributed by atoms with van der Waals surface area (Å²) in [5.41, 5.74) is 2.20. The molecule has 0 fully saturated rings. The Labute approximate surface area is 87.9 Å². The molecular weight excluding hydrogens is 172 g/mol. The molecule has 0 bridgehead atoms. The van der Waals surface area contributed by atoms with Crippen molar-refractivity contribution in [3.63, 3.8) is 0 Å². The van der Waals surface area contributed by atoms with Crippen LogP contribution in [0.15, 0.2) is 24.5 Å². The van der Waals surface area contributed by atoms with Crippen molar-refractivity contribution >= 4 is 10.9 Å². The van der Waals surface area contributed by atoms with Crippen LogP contribution in [0.5, 0.6) is 0 Å². The molecule has 0 amide bonds. The van der Waals surface area contributed by atoms with Crippen LogP contribution in [0, 0.1) is 6.92 Å². The van der Waals surface area contributed by atoms with Gasteiger partial charge >= 0.3 is 0 Å². The smallest absolute Gasteiger partial charge is 0.0670 e. The maximum Gasteiger partial charge on any atom is 0.0670 e. The Kier molecular flexibility index (Phi) is 6.46. The van der Waals surface area contributed by atoms with Crippen molar-refractivity contribution in [1.29, 1.82) is 0 Å². The molecule has 0 saturated carbocycles. The molecule has 1 N–H and O–H groups in total. The molecular formula is C12H22N2. The summed E-state index contributed by atoms with van der Waals surface area (Å²) in [5.74, 6) is 0. The largest absolute Gasteiger partial charge is 0.360 e. The molecule has 0 aromatic carbocycles.